The van der Waals surface area contributed by atoms with Crippen molar-refractivity contribution in [1.82, 2.24) is 9.97 Å². The molecule has 24 heavy (non-hydrogen) atoms. The maximum absolute atomic E-state index is 12.2. The van der Waals surface area contributed by atoms with Crippen LogP contribution in [0.25, 0.3) is 0 Å². The molecule has 1 fully saturated rings. The van der Waals surface area contributed by atoms with Crippen molar-refractivity contribution in [2.24, 2.45) is 0 Å². The van der Waals surface area contributed by atoms with Gasteiger partial charge in [0.25, 0.3) is 5.91 Å². The monoisotopic (exact) mass is 323 g/mol. The highest BCUT2D eigenvalue weighted by Gasteiger charge is 2.15. The minimum Gasteiger partial charge on any atom is -0.376 e. The molecule has 122 valence electrons. The Balaban J connectivity index is 1.57. The van der Waals surface area contributed by atoms with E-state index in [4.69, 9.17) is 10.00 Å². The zero-order valence-corrected chi connectivity index (χ0v) is 13.0. The Kier molecular flexibility index (Phi) is 4.99. The lowest BCUT2D eigenvalue weighted by Gasteiger charge is -2.10. The largest absolute Gasteiger partial charge is 0.376 e. The van der Waals surface area contributed by atoms with Crippen molar-refractivity contribution in [3.05, 3.63) is 47.8 Å². The first-order valence-corrected chi connectivity index (χ1v) is 7.73. The summed E-state index contributed by atoms with van der Waals surface area (Å²) in [5.74, 6) is 0.143. The third-order valence-corrected chi connectivity index (χ3v) is 3.68. The minimum absolute atomic E-state index is 0.198. The van der Waals surface area contributed by atoms with E-state index in [1.165, 1.54) is 12.4 Å². The van der Waals surface area contributed by atoms with Gasteiger partial charge >= 0.3 is 0 Å². The zero-order chi connectivity index (χ0) is 16.8. The van der Waals surface area contributed by atoms with Crippen LogP contribution in [0.5, 0.6) is 0 Å². The number of ether oxygens (including phenoxy) is 1. The van der Waals surface area contributed by atoms with Gasteiger partial charge < -0.3 is 15.4 Å². The average Bonchev–Trinajstić information content (AvgIpc) is 3.14. The van der Waals surface area contributed by atoms with Crippen molar-refractivity contribution in [1.29, 1.82) is 5.26 Å². The highest BCUT2D eigenvalue weighted by Crippen LogP contribution is 2.13. The minimum atomic E-state index is -0.323. The molecular weight excluding hydrogens is 306 g/mol. The van der Waals surface area contributed by atoms with Gasteiger partial charge in [-0.25, -0.2) is 9.97 Å². The van der Waals surface area contributed by atoms with Crippen molar-refractivity contribution >= 4 is 17.5 Å². The lowest BCUT2D eigenvalue weighted by molar-refractivity contribution is 0.102. The van der Waals surface area contributed by atoms with Crippen LogP contribution in [0.1, 0.15) is 28.8 Å². The molecule has 7 nitrogen and oxygen atoms in total. The van der Waals surface area contributed by atoms with E-state index in [0.717, 1.165) is 19.4 Å². The van der Waals surface area contributed by atoms with Crippen LogP contribution in [-0.4, -0.2) is 35.1 Å². The lowest BCUT2D eigenvalue weighted by atomic mass is 10.2. The first-order valence-electron chi connectivity index (χ1n) is 7.73. The fraction of sp³-hybridized carbons (Fsp3) is 0.294. The Morgan fingerprint density at radius 1 is 1.38 bits per heavy atom. The molecule has 0 aliphatic carbocycles. The van der Waals surface area contributed by atoms with Crippen LogP contribution in [0, 0.1) is 11.3 Å². The van der Waals surface area contributed by atoms with Gasteiger partial charge in [0.2, 0.25) is 5.95 Å². The van der Waals surface area contributed by atoms with Crippen LogP contribution in [0.3, 0.4) is 0 Å². The molecule has 7 heteroatoms. The van der Waals surface area contributed by atoms with E-state index in [1.54, 1.807) is 24.3 Å². The Bertz CT molecular complexity index is 748. The van der Waals surface area contributed by atoms with Gasteiger partial charge in [-0.1, -0.05) is 6.07 Å². The van der Waals surface area contributed by atoms with Crippen molar-refractivity contribution in [3.8, 4) is 6.07 Å². The van der Waals surface area contributed by atoms with E-state index < -0.39 is 0 Å². The molecule has 0 saturated carbocycles. The maximum atomic E-state index is 12.2. The molecule has 1 unspecified atom stereocenters. The summed E-state index contributed by atoms with van der Waals surface area (Å²) < 4.78 is 5.52. The van der Waals surface area contributed by atoms with Crippen LogP contribution in [0.4, 0.5) is 11.6 Å². The molecule has 2 aromatic rings. The van der Waals surface area contributed by atoms with Gasteiger partial charge in [-0.3, -0.25) is 4.79 Å². The first-order chi connectivity index (χ1) is 11.7. The molecule has 1 saturated heterocycles. The Morgan fingerprint density at radius 2 is 2.21 bits per heavy atom. The molecule has 1 aliphatic heterocycles. The summed E-state index contributed by atoms with van der Waals surface area (Å²) in [5.41, 5.74) is 1.39. The maximum Gasteiger partial charge on any atom is 0.258 e. The number of benzene rings is 1. The Hall–Kier alpha value is -2.98. The van der Waals surface area contributed by atoms with Crippen molar-refractivity contribution in [2.75, 3.05) is 23.8 Å². The predicted octanol–water partition coefficient (Wildman–Crippen LogP) is 2.19. The van der Waals surface area contributed by atoms with E-state index in [1.807, 2.05) is 6.07 Å². The third-order valence-electron chi connectivity index (χ3n) is 3.68. The lowest BCUT2D eigenvalue weighted by Crippen LogP contribution is -2.20. The molecular formula is C17H17N5O2. The summed E-state index contributed by atoms with van der Waals surface area (Å²) in [5, 5.41) is 14.7. The first kappa shape index (κ1) is 15.9. The number of nitrogens with zero attached hydrogens (tertiary/aromatic N) is 3. The normalized spacial score (nSPS) is 16.4. The number of rotatable bonds is 5. The zero-order valence-electron chi connectivity index (χ0n) is 13.0. The van der Waals surface area contributed by atoms with E-state index >= 15 is 0 Å². The number of carbonyl (C=O) groups is 1. The van der Waals surface area contributed by atoms with E-state index in [0.29, 0.717) is 29.3 Å². The molecule has 0 radical (unpaired) electrons. The van der Waals surface area contributed by atoms with Gasteiger partial charge in [-0.15, -0.1) is 0 Å². The van der Waals surface area contributed by atoms with E-state index in [2.05, 4.69) is 20.6 Å². The quantitative estimate of drug-likeness (QED) is 0.875. The van der Waals surface area contributed by atoms with Gasteiger partial charge in [0.15, 0.2) is 0 Å². The highest BCUT2D eigenvalue weighted by molar-refractivity contribution is 6.03. The van der Waals surface area contributed by atoms with Crippen molar-refractivity contribution in [2.45, 2.75) is 18.9 Å². The van der Waals surface area contributed by atoms with Crippen LogP contribution in [0.2, 0.25) is 0 Å². The molecule has 1 aromatic heterocycles. The topological polar surface area (TPSA) is 99.9 Å². The second-order valence-electron chi connectivity index (χ2n) is 5.46. The van der Waals surface area contributed by atoms with Crippen LogP contribution in [-0.2, 0) is 4.74 Å². The van der Waals surface area contributed by atoms with Crippen LogP contribution in [0.15, 0.2) is 36.7 Å². The SMILES string of the molecule is N#Cc1cccc(NC(=O)c2cnc(NCC3CCCO3)nc2)c1. The number of carbonyl (C=O) groups excluding carboxylic acids is 1. The molecule has 3 rings (SSSR count). The van der Waals surface area contributed by atoms with Gasteiger partial charge in [0, 0.05) is 31.2 Å². The van der Waals surface area contributed by atoms with Gasteiger partial charge in [-0.05, 0) is 31.0 Å². The third kappa shape index (κ3) is 4.06. The molecule has 1 amide bonds. The summed E-state index contributed by atoms with van der Waals surface area (Å²) in [6.45, 7) is 1.46. The standard InChI is InChI=1S/C17H17N5O2/c18-8-12-3-1-4-14(7-12)22-16(23)13-9-19-17(20-10-13)21-11-15-5-2-6-24-15/h1,3-4,7,9-10,15H,2,5-6,11H2,(H,22,23)(H,19,20,21). The molecule has 1 aromatic carbocycles. The van der Waals surface area contributed by atoms with Crippen LogP contribution >= 0.6 is 0 Å². The van der Waals surface area contributed by atoms with Crippen molar-refractivity contribution < 1.29 is 9.53 Å². The molecule has 2 N–H and O–H groups in total. The average molecular weight is 323 g/mol. The van der Waals surface area contributed by atoms with E-state index in [-0.39, 0.29) is 12.0 Å². The molecule has 0 bridgehead atoms. The number of nitrogens with one attached hydrogen (secondary N) is 2. The van der Waals surface area contributed by atoms with Crippen LogP contribution < -0.4 is 10.6 Å². The fourth-order valence-corrected chi connectivity index (χ4v) is 2.42. The van der Waals surface area contributed by atoms with E-state index in [9.17, 15) is 4.79 Å². The second kappa shape index (κ2) is 7.53. The second-order valence-corrected chi connectivity index (χ2v) is 5.46. The Morgan fingerprint density at radius 3 is 2.92 bits per heavy atom. The van der Waals surface area contributed by atoms with Crippen molar-refractivity contribution in [3.63, 3.8) is 0 Å². The highest BCUT2D eigenvalue weighted by atomic mass is 16.5. The summed E-state index contributed by atoms with van der Waals surface area (Å²) in [6, 6.07) is 8.74. The summed E-state index contributed by atoms with van der Waals surface area (Å²) in [4.78, 5) is 20.5. The summed E-state index contributed by atoms with van der Waals surface area (Å²) in [7, 11) is 0. The molecule has 1 atom stereocenters. The smallest absolute Gasteiger partial charge is 0.258 e. The van der Waals surface area contributed by atoms with Gasteiger partial charge in [0.05, 0.1) is 23.3 Å². The Labute approximate surface area is 139 Å². The number of nitriles is 1. The number of aromatic nitrogens is 2. The predicted molar refractivity (Wildman–Crippen MR) is 88.6 cm³/mol. The number of hydrogen-bond donors (Lipinski definition) is 2. The van der Waals surface area contributed by atoms with Gasteiger partial charge in [-0.2, -0.15) is 5.26 Å². The molecule has 0 spiro atoms. The molecule has 1 aliphatic rings. The summed E-state index contributed by atoms with van der Waals surface area (Å²) in [6.07, 6.45) is 5.25. The number of hydrogen-bond acceptors (Lipinski definition) is 6. The number of amides is 1. The summed E-state index contributed by atoms with van der Waals surface area (Å²) >= 11 is 0. The molecule has 2 heterocycles. The van der Waals surface area contributed by atoms with Gasteiger partial charge in [0.1, 0.15) is 0 Å². The number of anilines is 2. The fourth-order valence-electron chi connectivity index (χ4n) is 2.42.